The Hall–Kier alpha value is -3.12. The van der Waals surface area contributed by atoms with Crippen LogP contribution in [0.1, 0.15) is 15.9 Å². The number of hydrogen-bond acceptors (Lipinski definition) is 4. The quantitative estimate of drug-likeness (QED) is 0.575. The number of carbonyl (C=O) groups is 1. The summed E-state index contributed by atoms with van der Waals surface area (Å²) in [7, 11) is 1.60. The molecule has 0 aliphatic carbocycles. The van der Waals surface area contributed by atoms with Gasteiger partial charge in [-0.1, -0.05) is 6.07 Å². The van der Waals surface area contributed by atoms with Crippen LogP contribution in [0.2, 0.25) is 0 Å². The van der Waals surface area contributed by atoms with Crippen LogP contribution in [-0.4, -0.2) is 22.4 Å². The van der Waals surface area contributed by atoms with Crippen LogP contribution in [0.4, 0.5) is 5.82 Å². The van der Waals surface area contributed by atoms with Crippen LogP contribution in [0.5, 0.6) is 5.75 Å². The average molecular weight is 363 g/mol. The number of fused-ring (bicyclic) bond motifs is 1. The molecule has 0 saturated heterocycles. The third-order valence-electron chi connectivity index (χ3n) is 4.12. The SMILES string of the molecule is COc1ccc(C(=O)Nc2c(-c3cccs3)nc3cc(C)ccn23)cc1. The minimum atomic E-state index is -0.187. The second-order valence-corrected chi connectivity index (χ2v) is 6.85. The molecule has 1 N–H and O–H groups in total. The van der Waals surface area contributed by atoms with Gasteiger partial charge in [0, 0.05) is 11.8 Å². The molecule has 1 aromatic carbocycles. The van der Waals surface area contributed by atoms with Crippen molar-refractivity contribution < 1.29 is 9.53 Å². The van der Waals surface area contributed by atoms with Gasteiger partial charge in [0.2, 0.25) is 0 Å². The van der Waals surface area contributed by atoms with Crippen molar-refractivity contribution in [2.75, 3.05) is 12.4 Å². The van der Waals surface area contributed by atoms with Crippen LogP contribution in [0.3, 0.4) is 0 Å². The highest BCUT2D eigenvalue weighted by Crippen LogP contribution is 2.32. The number of carbonyl (C=O) groups excluding carboxylic acids is 1. The summed E-state index contributed by atoms with van der Waals surface area (Å²) in [5.41, 5.74) is 3.25. The Kier molecular flexibility index (Phi) is 4.18. The zero-order valence-electron chi connectivity index (χ0n) is 14.4. The summed E-state index contributed by atoms with van der Waals surface area (Å²) in [6.45, 7) is 2.02. The molecule has 3 aromatic heterocycles. The summed E-state index contributed by atoms with van der Waals surface area (Å²) in [6.07, 6.45) is 1.93. The summed E-state index contributed by atoms with van der Waals surface area (Å²) in [5, 5.41) is 5.02. The van der Waals surface area contributed by atoms with E-state index in [-0.39, 0.29) is 5.91 Å². The number of benzene rings is 1. The standard InChI is InChI=1S/C20H17N3O2S/c1-13-9-10-23-17(12-13)21-18(16-4-3-11-26-16)19(23)22-20(24)14-5-7-15(25-2)8-6-14/h3-12H,1-2H3,(H,22,24). The fourth-order valence-electron chi connectivity index (χ4n) is 2.77. The highest BCUT2D eigenvalue weighted by molar-refractivity contribution is 7.13. The number of anilines is 1. The van der Waals surface area contributed by atoms with Crippen LogP contribution in [0, 0.1) is 6.92 Å². The van der Waals surface area contributed by atoms with Gasteiger partial charge in [-0.05, 0) is 60.3 Å². The number of nitrogens with one attached hydrogen (secondary N) is 1. The smallest absolute Gasteiger partial charge is 0.256 e. The third kappa shape index (κ3) is 2.95. The van der Waals surface area contributed by atoms with Crippen LogP contribution in [0.25, 0.3) is 16.2 Å². The van der Waals surface area contributed by atoms with Crippen LogP contribution in [0.15, 0.2) is 60.1 Å². The lowest BCUT2D eigenvalue weighted by Gasteiger charge is -2.08. The van der Waals surface area contributed by atoms with E-state index in [0.717, 1.165) is 21.8 Å². The van der Waals surface area contributed by atoms with Crippen molar-refractivity contribution in [1.82, 2.24) is 9.38 Å². The maximum absolute atomic E-state index is 12.8. The number of imidazole rings is 1. The normalized spacial score (nSPS) is 10.8. The molecular formula is C20H17N3O2S. The first-order chi connectivity index (χ1) is 12.7. The van der Waals surface area contributed by atoms with E-state index in [4.69, 9.17) is 9.72 Å². The molecule has 0 unspecified atom stereocenters. The number of methoxy groups -OCH3 is 1. The Morgan fingerprint density at radius 3 is 2.69 bits per heavy atom. The molecule has 5 nitrogen and oxygen atoms in total. The molecule has 3 heterocycles. The molecule has 0 spiro atoms. The van der Waals surface area contributed by atoms with Crippen molar-refractivity contribution in [3.63, 3.8) is 0 Å². The molecule has 1 amide bonds. The number of nitrogens with zero attached hydrogens (tertiary/aromatic N) is 2. The first-order valence-corrected chi connectivity index (χ1v) is 9.01. The van der Waals surface area contributed by atoms with E-state index in [9.17, 15) is 4.79 Å². The lowest BCUT2D eigenvalue weighted by atomic mass is 10.2. The number of hydrogen-bond donors (Lipinski definition) is 1. The number of thiophene rings is 1. The molecule has 4 rings (SSSR count). The zero-order chi connectivity index (χ0) is 18.1. The van der Waals surface area contributed by atoms with Crippen LogP contribution in [-0.2, 0) is 0 Å². The Morgan fingerprint density at radius 2 is 2.00 bits per heavy atom. The number of amides is 1. The van der Waals surface area contributed by atoms with Gasteiger partial charge in [0.05, 0.1) is 12.0 Å². The molecule has 0 fully saturated rings. The lowest BCUT2D eigenvalue weighted by molar-refractivity contribution is 0.102. The van der Waals surface area contributed by atoms with Gasteiger partial charge in [0.15, 0.2) is 0 Å². The number of rotatable bonds is 4. The Morgan fingerprint density at radius 1 is 1.19 bits per heavy atom. The van der Waals surface area contributed by atoms with E-state index in [1.54, 1.807) is 42.7 Å². The topological polar surface area (TPSA) is 55.6 Å². The van der Waals surface area contributed by atoms with E-state index in [0.29, 0.717) is 17.1 Å². The molecule has 26 heavy (non-hydrogen) atoms. The predicted molar refractivity (Wildman–Crippen MR) is 104 cm³/mol. The van der Waals surface area contributed by atoms with E-state index in [1.807, 2.05) is 47.2 Å². The first kappa shape index (κ1) is 16.4. The van der Waals surface area contributed by atoms with Crippen molar-refractivity contribution in [3.8, 4) is 16.3 Å². The van der Waals surface area contributed by atoms with Crippen molar-refractivity contribution in [3.05, 3.63) is 71.2 Å². The Bertz CT molecular complexity index is 1070. The molecule has 0 aliphatic rings. The fourth-order valence-corrected chi connectivity index (χ4v) is 3.49. The van der Waals surface area contributed by atoms with E-state index >= 15 is 0 Å². The highest BCUT2D eigenvalue weighted by Gasteiger charge is 2.18. The Labute approximate surface area is 154 Å². The zero-order valence-corrected chi connectivity index (χ0v) is 15.2. The summed E-state index contributed by atoms with van der Waals surface area (Å²) >= 11 is 1.59. The average Bonchev–Trinajstić information content (AvgIpc) is 3.29. The second-order valence-electron chi connectivity index (χ2n) is 5.90. The van der Waals surface area contributed by atoms with Crippen LogP contribution >= 0.6 is 11.3 Å². The maximum atomic E-state index is 12.8. The summed E-state index contributed by atoms with van der Waals surface area (Å²) in [5.74, 6) is 1.20. The predicted octanol–water partition coefficient (Wildman–Crippen LogP) is 4.63. The number of aromatic nitrogens is 2. The van der Waals surface area contributed by atoms with Crippen LogP contribution < -0.4 is 10.1 Å². The molecule has 4 aromatic rings. The van der Waals surface area contributed by atoms with Gasteiger partial charge < -0.3 is 10.1 Å². The molecular weight excluding hydrogens is 346 g/mol. The van der Waals surface area contributed by atoms with Gasteiger partial charge in [-0.3, -0.25) is 9.20 Å². The van der Waals surface area contributed by atoms with Crippen molar-refractivity contribution in [2.45, 2.75) is 6.92 Å². The van der Waals surface area contributed by atoms with E-state index in [2.05, 4.69) is 5.32 Å². The van der Waals surface area contributed by atoms with Gasteiger partial charge in [-0.25, -0.2) is 4.98 Å². The molecule has 130 valence electrons. The molecule has 0 atom stereocenters. The third-order valence-corrected chi connectivity index (χ3v) is 5.00. The summed E-state index contributed by atoms with van der Waals surface area (Å²) in [4.78, 5) is 18.5. The monoisotopic (exact) mass is 363 g/mol. The largest absolute Gasteiger partial charge is 0.497 e. The van der Waals surface area contributed by atoms with E-state index in [1.165, 1.54) is 0 Å². The van der Waals surface area contributed by atoms with Crippen molar-refractivity contribution in [1.29, 1.82) is 0 Å². The van der Waals surface area contributed by atoms with Gasteiger partial charge in [-0.15, -0.1) is 11.3 Å². The number of aryl methyl sites for hydroxylation is 1. The minimum Gasteiger partial charge on any atom is -0.497 e. The van der Waals surface area contributed by atoms with Gasteiger partial charge >= 0.3 is 0 Å². The number of pyridine rings is 1. The molecule has 6 heteroatoms. The number of ether oxygens (including phenoxy) is 1. The fraction of sp³-hybridized carbons (Fsp3) is 0.100. The van der Waals surface area contributed by atoms with E-state index < -0.39 is 0 Å². The highest BCUT2D eigenvalue weighted by atomic mass is 32.1. The molecule has 0 saturated carbocycles. The first-order valence-electron chi connectivity index (χ1n) is 8.14. The lowest BCUT2D eigenvalue weighted by Crippen LogP contribution is -2.14. The van der Waals surface area contributed by atoms with Crippen molar-refractivity contribution in [2.24, 2.45) is 0 Å². The molecule has 0 bridgehead atoms. The molecule has 0 aliphatic heterocycles. The molecule has 0 radical (unpaired) electrons. The van der Waals surface area contributed by atoms with Gasteiger partial charge in [-0.2, -0.15) is 0 Å². The summed E-state index contributed by atoms with van der Waals surface area (Å²) in [6, 6.07) is 15.0. The van der Waals surface area contributed by atoms with Gasteiger partial charge in [0.25, 0.3) is 5.91 Å². The second kappa shape index (κ2) is 6.65. The van der Waals surface area contributed by atoms with Crippen molar-refractivity contribution >= 4 is 28.7 Å². The minimum absolute atomic E-state index is 0.187. The van der Waals surface area contributed by atoms with Gasteiger partial charge in [0.1, 0.15) is 22.9 Å². The summed E-state index contributed by atoms with van der Waals surface area (Å²) < 4.78 is 7.05. The Balaban J connectivity index is 1.76. The maximum Gasteiger partial charge on any atom is 0.256 e.